The van der Waals surface area contributed by atoms with Gasteiger partial charge in [-0.1, -0.05) is 19.8 Å². The third kappa shape index (κ3) is 2.33. The third-order valence-corrected chi connectivity index (χ3v) is 1.59. The van der Waals surface area contributed by atoms with Crippen molar-refractivity contribution < 1.29 is 4.74 Å². The first-order valence-corrected chi connectivity index (χ1v) is 3.63. The molecule has 1 fully saturated rings. The van der Waals surface area contributed by atoms with Crippen LogP contribution in [0.5, 0.6) is 0 Å². The monoisotopic (exact) mass is 128 g/mol. The standard InChI is InChI=1S/C7H14NO/c1-2-3-4-7-5-9-6-8-7/h6-8H,2-5H2,1H3. The van der Waals surface area contributed by atoms with Crippen LogP contribution in [-0.4, -0.2) is 12.6 Å². The van der Waals surface area contributed by atoms with E-state index in [1.54, 1.807) is 6.73 Å². The number of rotatable bonds is 3. The maximum atomic E-state index is 5.02. The van der Waals surface area contributed by atoms with E-state index in [9.17, 15) is 0 Å². The normalized spacial score (nSPS) is 27.0. The number of unbranched alkanes of at least 4 members (excludes halogenated alkanes) is 1. The fourth-order valence-corrected chi connectivity index (χ4v) is 0.974. The van der Waals surface area contributed by atoms with E-state index in [4.69, 9.17) is 4.74 Å². The Morgan fingerprint density at radius 3 is 3.22 bits per heavy atom. The lowest BCUT2D eigenvalue weighted by Gasteiger charge is -2.04. The number of hydrogen-bond donors (Lipinski definition) is 1. The maximum absolute atomic E-state index is 5.02. The molecule has 1 aliphatic rings. The summed E-state index contributed by atoms with van der Waals surface area (Å²) < 4.78 is 5.02. The van der Waals surface area contributed by atoms with Gasteiger partial charge in [-0.25, -0.2) is 0 Å². The molecular formula is C7H14NO. The van der Waals surface area contributed by atoms with Gasteiger partial charge in [-0.2, -0.15) is 0 Å². The highest BCUT2D eigenvalue weighted by Gasteiger charge is 2.13. The molecular weight excluding hydrogens is 114 g/mol. The zero-order valence-electron chi connectivity index (χ0n) is 5.89. The average molecular weight is 128 g/mol. The van der Waals surface area contributed by atoms with Gasteiger partial charge in [-0.15, -0.1) is 0 Å². The first-order valence-electron chi connectivity index (χ1n) is 3.63. The molecule has 1 unspecified atom stereocenters. The molecule has 0 bridgehead atoms. The van der Waals surface area contributed by atoms with Gasteiger partial charge in [-0.05, 0) is 6.42 Å². The Balaban J connectivity index is 1.98. The molecule has 53 valence electrons. The lowest BCUT2D eigenvalue weighted by molar-refractivity contribution is 0.243. The molecule has 0 spiro atoms. The van der Waals surface area contributed by atoms with Crippen LogP contribution < -0.4 is 5.32 Å². The maximum Gasteiger partial charge on any atom is 0.148 e. The molecule has 0 aliphatic carbocycles. The van der Waals surface area contributed by atoms with E-state index in [1.165, 1.54) is 19.3 Å². The molecule has 1 saturated heterocycles. The van der Waals surface area contributed by atoms with Crippen molar-refractivity contribution in [3.8, 4) is 0 Å². The molecule has 2 heteroatoms. The third-order valence-electron chi connectivity index (χ3n) is 1.59. The second-order valence-electron chi connectivity index (χ2n) is 2.46. The first kappa shape index (κ1) is 7.03. The van der Waals surface area contributed by atoms with E-state index in [2.05, 4.69) is 12.2 Å². The van der Waals surface area contributed by atoms with Gasteiger partial charge in [0.2, 0.25) is 0 Å². The van der Waals surface area contributed by atoms with Crippen LogP contribution in [0.3, 0.4) is 0 Å². The van der Waals surface area contributed by atoms with Crippen molar-refractivity contribution >= 4 is 0 Å². The second-order valence-corrected chi connectivity index (χ2v) is 2.46. The van der Waals surface area contributed by atoms with Gasteiger partial charge in [0.05, 0.1) is 6.61 Å². The van der Waals surface area contributed by atoms with Gasteiger partial charge in [0, 0.05) is 6.04 Å². The summed E-state index contributed by atoms with van der Waals surface area (Å²) in [5, 5.41) is 3.14. The Morgan fingerprint density at radius 2 is 2.67 bits per heavy atom. The second kappa shape index (κ2) is 3.85. The number of ether oxygens (including phenoxy) is 1. The summed E-state index contributed by atoms with van der Waals surface area (Å²) in [5.41, 5.74) is 0. The van der Waals surface area contributed by atoms with Crippen LogP contribution in [0, 0.1) is 6.73 Å². The van der Waals surface area contributed by atoms with E-state index in [1.807, 2.05) is 0 Å². The molecule has 1 rings (SSSR count). The Hall–Kier alpha value is -0.0800. The van der Waals surface area contributed by atoms with Gasteiger partial charge >= 0.3 is 0 Å². The molecule has 0 saturated carbocycles. The zero-order valence-corrected chi connectivity index (χ0v) is 5.89. The molecule has 0 aromatic carbocycles. The van der Waals surface area contributed by atoms with Crippen LogP contribution in [0.25, 0.3) is 0 Å². The topological polar surface area (TPSA) is 21.3 Å². The SMILES string of the molecule is CCCCC1CO[CH]N1. The summed E-state index contributed by atoms with van der Waals surface area (Å²) in [6, 6.07) is 0.588. The van der Waals surface area contributed by atoms with Gasteiger partial charge in [0.25, 0.3) is 0 Å². The zero-order chi connectivity index (χ0) is 6.53. The van der Waals surface area contributed by atoms with Crippen molar-refractivity contribution in [2.75, 3.05) is 6.61 Å². The van der Waals surface area contributed by atoms with Crippen LogP contribution in [0.4, 0.5) is 0 Å². The van der Waals surface area contributed by atoms with Crippen molar-refractivity contribution in [1.82, 2.24) is 5.32 Å². The van der Waals surface area contributed by atoms with Gasteiger partial charge in [0.15, 0.2) is 0 Å². The highest BCUT2D eigenvalue weighted by molar-refractivity contribution is 4.73. The van der Waals surface area contributed by atoms with Gasteiger partial charge in [-0.3, -0.25) is 5.32 Å². The van der Waals surface area contributed by atoms with Crippen LogP contribution >= 0.6 is 0 Å². The number of hydrogen-bond acceptors (Lipinski definition) is 2. The van der Waals surface area contributed by atoms with E-state index in [0.717, 1.165) is 6.61 Å². The van der Waals surface area contributed by atoms with E-state index in [-0.39, 0.29) is 0 Å². The summed E-state index contributed by atoms with van der Waals surface area (Å²) in [6.45, 7) is 4.76. The van der Waals surface area contributed by atoms with Crippen molar-refractivity contribution in [2.24, 2.45) is 0 Å². The smallest absolute Gasteiger partial charge is 0.148 e. The lowest BCUT2D eigenvalue weighted by Crippen LogP contribution is -2.21. The summed E-state index contributed by atoms with van der Waals surface area (Å²) in [5.74, 6) is 0. The highest BCUT2D eigenvalue weighted by Crippen LogP contribution is 2.06. The van der Waals surface area contributed by atoms with E-state index in [0.29, 0.717) is 6.04 Å². The summed E-state index contributed by atoms with van der Waals surface area (Å²) in [4.78, 5) is 0. The van der Waals surface area contributed by atoms with E-state index >= 15 is 0 Å². The first-order chi connectivity index (χ1) is 4.43. The predicted octanol–water partition coefficient (Wildman–Crippen LogP) is 1.28. The minimum atomic E-state index is 0.588. The Morgan fingerprint density at radius 1 is 1.78 bits per heavy atom. The van der Waals surface area contributed by atoms with Gasteiger partial charge in [0.1, 0.15) is 6.73 Å². The quantitative estimate of drug-likeness (QED) is 0.618. The molecule has 1 aliphatic heterocycles. The largest absolute Gasteiger partial charge is 0.357 e. The summed E-state index contributed by atoms with van der Waals surface area (Å²) >= 11 is 0. The molecule has 0 aromatic rings. The Bertz CT molecular complexity index is 69.3. The van der Waals surface area contributed by atoms with E-state index < -0.39 is 0 Å². The lowest BCUT2D eigenvalue weighted by atomic mass is 10.1. The van der Waals surface area contributed by atoms with Gasteiger partial charge < -0.3 is 4.74 Å². The Labute approximate surface area is 56.6 Å². The fraction of sp³-hybridized carbons (Fsp3) is 0.857. The van der Waals surface area contributed by atoms with Crippen molar-refractivity contribution in [3.63, 3.8) is 0 Å². The van der Waals surface area contributed by atoms with Crippen LogP contribution in [-0.2, 0) is 4.74 Å². The van der Waals surface area contributed by atoms with Crippen molar-refractivity contribution in [2.45, 2.75) is 32.2 Å². The molecule has 1 radical (unpaired) electrons. The fourth-order valence-electron chi connectivity index (χ4n) is 0.974. The number of nitrogens with one attached hydrogen (secondary N) is 1. The Kier molecular flexibility index (Phi) is 3.01. The molecule has 0 amide bonds. The molecule has 1 heterocycles. The molecule has 9 heavy (non-hydrogen) atoms. The summed E-state index contributed by atoms with van der Waals surface area (Å²) in [6.07, 6.45) is 3.82. The van der Waals surface area contributed by atoms with Crippen molar-refractivity contribution in [1.29, 1.82) is 0 Å². The minimum absolute atomic E-state index is 0.588. The molecule has 2 nitrogen and oxygen atoms in total. The predicted molar refractivity (Wildman–Crippen MR) is 36.7 cm³/mol. The van der Waals surface area contributed by atoms with Crippen molar-refractivity contribution in [3.05, 3.63) is 6.73 Å². The van der Waals surface area contributed by atoms with Crippen LogP contribution in [0.15, 0.2) is 0 Å². The van der Waals surface area contributed by atoms with Crippen LogP contribution in [0.2, 0.25) is 0 Å². The highest BCUT2D eigenvalue weighted by atomic mass is 16.5. The van der Waals surface area contributed by atoms with Crippen LogP contribution in [0.1, 0.15) is 26.2 Å². The molecule has 0 aromatic heterocycles. The summed E-state index contributed by atoms with van der Waals surface area (Å²) in [7, 11) is 0. The average Bonchev–Trinajstić information content (AvgIpc) is 2.34. The molecule has 1 atom stereocenters. The minimum Gasteiger partial charge on any atom is -0.357 e. The molecule has 1 N–H and O–H groups in total.